The Balaban J connectivity index is 2.57. The molecule has 0 spiro atoms. The van der Waals surface area contributed by atoms with Gasteiger partial charge in [0.15, 0.2) is 0 Å². The number of benzene rings is 1. The normalized spacial score (nSPS) is 12.2. The zero-order chi connectivity index (χ0) is 10.6. The Morgan fingerprint density at radius 1 is 1.43 bits per heavy atom. The van der Waals surface area contributed by atoms with Gasteiger partial charge in [0.05, 0.1) is 4.83 Å². The number of nitrogens with zero attached hydrogens (tertiary/aromatic N) is 1. The van der Waals surface area contributed by atoms with Crippen LogP contribution in [0.1, 0.15) is 12.5 Å². The monoisotopic (exact) mass is 255 g/mol. The first kappa shape index (κ1) is 11.2. The molecule has 0 aliphatic rings. The number of rotatable bonds is 3. The van der Waals surface area contributed by atoms with Crippen LogP contribution in [-0.4, -0.2) is 22.7 Å². The van der Waals surface area contributed by atoms with Crippen molar-refractivity contribution >= 4 is 21.8 Å². The van der Waals surface area contributed by atoms with Crippen LogP contribution in [0.4, 0.5) is 0 Å². The van der Waals surface area contributed by atoms with Crippen LogP contribution in [0.5, 0.6) is 0 Å². The highest BCUT2D eigenvalue weighted by Crippen LogP contribution is 2.07. The van der Waals surface area contributed by atoms with E-state index < -0.39 is 0 Å². The lowest BCUT2D eigenvalue weighted by Crippen LogP contribution is -2.31. The molecule has 0 N–H and O–H groups in total. The van der Waals surface area contributed by atoms with Gasteiger partial charge in [-0.3, -0.25) is 4.79 Å². The Kier molecular flexibility index (Phi) is 4.14. The van der Waals surface area contributed by atoms with Gasteiger partial charge >= 0.3 is 0 Å². The van der Waals surface area contributed by atoms with Crippen LogP contribution in [0.15, 0.2) is 30.3 Å². The van der Waals surface area contributed by atoms with E-state index in [1.807, 2.05) is 44.3 Å². The minimum Gasteiger partial charge on any atom is -0.340 e. The fourth-order valence-electron chi connectivity index (χ4n) is 1.24. The molecular weight excluding hydrogens is 242 g/mol. The van der Waals surface area contributed by atoms with Crippen LogP contribution >= 0.6 is 15.9 Å². The summed E-state index contributed by atoms with van der Waals surface area (Å²) < 4.78 is 0. The van der Waals surface area contributed by atoms with E-state index in [2.05, 4.69) is 15.9 Å². The predicted molar refractivity (Wildman–Crippen MR) is 61.3 cm³/mol. The first-order chi connectivity index (χ1) is 6.61. The molecule has 0 bridgehead atoms. The summed E-state index contributed by atoms with van der Waals surface area (Å²) in [5.74, 6) is 0.105. The maximum Gasteiger partial charge on any atom is 0.236 e. The summed E-state index contributed by atoms with van der Waals surface area (Å²) in [6.07, 6.45) is 0. The third-order valence-electron chi connectivity index (χ3n) is 1.98. The molecule has 1 unspecified atom stereocenters. The predicted octanol–water partition coefficient (Wildman–Crippen LogP) is 2.43. The topological polar surface area (TPSA) is 20.3 Å². The second kappa shape index (κ2) is 5.15. The van der Waals surface area contributed by atoms with Gasteiger partial charge in [0.25, 0.3) is 0 Å². The molecule has 1 aromatic carbocycles. The molecule has 0 aliphatic carbocycles. The van der Waals surface area contributed by atoms with Crippen LogP contribution in [-0.2, 0) is 11.3 Å². The smallest absolute Gasteiger partial charge is 0.236 e. The Morgan fingerprint density at radius 3 is 2.50 bits per heavy atom. The Morgan fingerprint density at radius 2 is 2.00 bits per heavy atom. The van der Waals surface area contributed by atoms with Crippen molar-refractivity contribution in [2.45, 2.75) is 18.3 Å². The molecule has 0 saturated carbocycles. The number of alkyl halides is 1. The standard InChI is InChI=1S/C11H14BrNO/c1-9(12)11(14)13(2)8-10-6-4-3-5-7-10/h3-7,9H,8H2,1-2H3. The van der Waals surface area contributed by atoms with Crippen molar-refractivity contribution in [3.8, 4) is 0 Å². The molecule has 0 fully saturated rings. The lowest BCUT2D eigenvalue weighted by atomic mass is 10.2. The Bertz CT molecular complexity index is 297. The van der Waals surface area contributed by atoms with Crippen LogP contribution in [0.2, 0.25) is 0 Å². The summed E-state index contributed by atoms with van der Waals surface area (Å²) in [5.41, 5.74) is 1.15. The van der Waals surface area contributed by atoms with E-state index in [9.17, 15) is 4.79 Å². The molecule has 14 heavy (non-hydrogen) atoms. The van der Waals surface area contributed by atoms with Crippen LogP contribution in [0.25, 0.3) is 0 Å². The molecule has 1 rings (SSSR count). The van der Waals surface area contributed by atoms with Crippen molar-refractivity contribution in [1.82, 2.24) is 4.90 Å². The second-order valence-electron chi connectivity index (χ2n) is 3.30. The molecule has 1 aromatic rings. The van der Waals surface area contributed by atoms with Crippen LogP contribution < -0.4 is 0 Å². The molecule has 1 amide bonds. The van der Waals surface area contributed by atoms with Gasteiger partial charge < -0.3 is 4.90 Å². The lowest BCUT2D eigenvalue weighted by molar-refractivity contribution is -0.129. The maximum atomic E-state index is 11.5. The summed E-state index contributed by atoms with van der Waals surface area (Å²) in [6, 6.07) is 9.96. The van der Waals surface area contributed by atoms with Crippen molar-refractivity contribution in [2.75, 3.05) is 7.05 Å². The third-order valence-corrected chi connectivity index (χ3v) is 2.37. The van der Waals surface area contributed by atoms with Crippen LogP contribution in [0.3, 0.4) is 0 Å². The van der Waals surface area contributed by atoms with Gasteiger partial charge in [-0.2, -0.15) is 0 Å². The molecule has 0 heterocycles. The molecule has 1 atom stereocenters. The number of carbonyl (C=O) groups excluding carboxylic acids is 1. The zero-order valence-electron chi connectivity index (χ0n) is 8.40. The van der Waals surface area contributed by atoms with E-state index >= 15 is 0 Å². The lowest BCUT2D eigenvalue weighted by Gasteiger charge is -2.18. The fraction of sp³-hybridized carbons (Fsp3) is 0.364. The van der Waals surface area contributed by atoms with Gasteiger partial charge in [-0.1, -0.05) is 46.3 Å². The van der Waals surface area contributed by atoms with E-state index in [1.165, 1.54) is 0 Å². The van der Waals surface area contributed by atoms with Gasteiger partial charge in [0, 0.05) is 13.6 Å². The van der Waals surface area contributed by atoms with Crippen molar-refractivity contribution in [3.63, 3.8) is 0 Å². The van der Waals surface area contributed by atoms with Gasteiger partial charge in [-0.25, -0.2) is 0 Å². The van der Waals surface area contributed by atoms with Gasteiger partial charge in [-0.05, 0) is 12.5 Å². The number of amides is 1. The average molecular weight is 256 g/mol. The summed E-state index contributed by atoms with van der Waals surface area (Å²) in [6.45, 7) is 2.50. The molecule has 0 radical (unpaired) electrons. The van der Waals surface area contributed by atoms with E-state index in [1.54, 1.807) is 4.90 Å². The average Bonchev–Trinajstić information content (AvgIpc) is 2.18. The zero-order valence-corrected chi connectivity index (χ0v) is 9.99. The summed E-state index contributed by atoms with van der Waals surface area (Å²) in [7, 11) is 1.81. The summed E-state index contributed by atoms with van der Waals surface area (Å²) in [5, 5.41) is 0. The highest BCUT2D eigenvalue weighted by Gasteiger charge is 2.13. The van der Waals surface area contributed by atoms with E-state index in [0.717, 1.165) is 5.56 Å². The van der Waals surface area contributed by atoms with Crippen molar-refractivity contribution < 1.29 is 4.79 Å². The molecule has 0 aromatic heterocycles. The first-order valence-electron chi connectivity index (χ1n) is 4.54. The molecule has 0 aliphatic heterocycles. The molecule has 0 saturated heterocycles. The van der Waals surface area contributed by atoms with Crippen LogP contribution in [0, 0.1) is 0 Å². The van der Waals surface area contributed by atoms with Gasteiger partial charge in [0.1, 0.15) is 0 Å². The molecule has 2 nitrogen and oxygen atoms in total. The molecule has 76 valence electrons. The summed E-state index contributed by atoms with van der Waals surface area (Å²) >= 11 is 3.26. The quantitative estimate of drug-likeness (QED) is 0.760. The van der Waals surface area contributed by atoms with Gasteiger partial charge in [-0.15, -0.1) is 0 Å². The van der Waals surface area contributed by atoms with E-state index in [0.29, 0.717) is 6.54 Å². The number of carbonyl (C=O) groups is 1. The molecular formula is C11H14BrNO. The number of hydrogen-bond donors (Lipinski definition) is 0. The Labute approximate surface area is 93.0 Å². The second-order valence-corrected chi connectivity index (χ2v) is 4.67. The highest BCUT2D eigenvalue weighted by molar-refractivity contribution is 9.10. The van der Waals surface area contributed by atoms with Crippen molar-refractivity contribution in [3.05, 3.63) is 35.9 Å². The molecule has 3 heteroatoms. The maximum absolute atomic E-state index is 11.5. The SMILES string of the molecule is CC(Br)C(=O)N(C)Cc1ccccc1. The minimum atomic E-state index is -0.115. The van der Waals surface area contributed by atoms with Crippen molar-refractivity contribution in [2.24, 2.45) is 0 Å². The summed E-state index contributed by atoms with van der Waals surface area (Å²) in [4.78, 5) is 13.1. The third kappa shape index (κ3) is 3.14. The largest absolute Gasteiger partial charge is 0.340 e. The first-order valence-corrected chi connectivity index (χ1v) is 5.46. The van der Waals surface area contributed by atoms with E-state index in [4.69, 9.17) is 0 Å². The number of hydrogen-bond acceptors (Lipinski definition) is 1. The van der Waals surface area contributed by atoms with Gasteiger partial charge in [0.2, 0.25) is 5.91 Å². The highest BCUT2D eigenvalue weighted by atomic mass is 79.9. The minimum absolute atomic E-state index is 0.105. The number of halogens is 1. The fourth-order valence-corrected chi connectivity index (χ4v) is 1.59. The Hall–Kier alpha value is -0.830. The van der Waals surface area contributed by atoms with Crippen molar-refractivity contribution in [1.29, 1.82) is 0 Å². The van der Waals surface area contributed by atoms with E-state index in [-0.39, 0.29) is 10.7 Å².